The Kier molecular flexibility index (Phi) is 6.01. The number of carbonyl (C=O) groups excluding carboxylic acids is 1. The normalized spacial score (nSPS) is 19.3. The van der Waals surface area contributed by atoms with Gasteiger partial charge in [0.15, 0.2) is 0 Å². The molecular formula is C8H16N4O6S2. The molecule has 1 aliphatic rings. The second-order valence-electron chi connectivity index (χ2n) is 4.22. The van der Waals surface area contributed by atoms with Crippen molar-refractivity contribution in [2.75, 3.05) is 39.0 Å². The molecule has 0 aliphatic carbocycles. The van der Waals surface area contributed by atoms with E-state index in [0.29, 0.717) is 0 Å². The van der Waals surface area contributed by atoms with Crippen LogP contribution in [-0.2, 0) is 25.3 Å². The predicted octanol–water partition coefficient (Wildman–Crippen LogP) is -2.50. The second kappa shape index (κ2) is 7.08. The lowest BCUT2D eigenvalue weighted by molar-refractivity contribution is -0.135. The number of carbonyl (C=O) groups is 1. The molecule has 10 nitrogen and oxygen atoms in total. The molecule has 1 rings (SSSR count). The number of amides is 1. The van der Waals surface area contributed by atoms with Gasteiger partial charge < -0.3 is 0 Å². The first kappa shape index (κ1) is 17.0. The molecule has 0 radical (unpaired) electrons. The molecule has 1 heterocycles. The molecule has 0 aromatic rings. The van der Waals surface area contributed by atoms with Gasteiger partial charge in [0.05, 0.1) is 12.8 Å². The van der Waals surface area contributed by atoms with Gasteiger partial charge in [0.1, 0.15) is 6.04 Å². The van der Waals surface area contributed by atoms with Gasteiger partial charge in [-0.25, -0.2) is 13.9 Å². The van der Waals surface area contributed by atoms with E-state index in [1.807, 2.05) is 0 Å². The van der Waals surface area contributed by atoms with Crippen molar-refractivity contribution in [3.8, 4) is 0 Å². The van der Waals surface area contributed by atoms with Crippen molar-refractivity contribution in [2.45, 2.75) is 6.04 Å². The molecule has 116 valence electrons. The number of sulfonamides is 1. The van der Waals surface area contributed by atoms with Crippen molar-refractivity contribution in [1.29, 1.82) is 0 Å². The van der Waals surface area contributed by atoms with Crippen LogP contribution in [0.4, 0.5) is 0 Å². The average molecular weight is 328 g/mol. The van der Waals surface area contributed by atoms with Gasteiger partial charge in [0.2, 0.25) is 10.0 Å². The standard InChI is InChI=1S/C8H16N4O6S2/c1-20(17,18)12-4-2-11(3-5-12)7(8(13)10-14)6-9-19(15)16/h7,14H,2-6H2,1H3,(H,10,13). The van der Waals surface area contributed by atoms with Crippen molar-refractivity contribution in [1.82, 2.24) is 14.7 Å². The minimum atomic E-state index is -3.29. The van der Waals surface area contributed by atoms with Gasteiger partial charge in [0.25, 0.3) is 5.91 Å². The first-order valence-corrected chi connectivity index (χ1v) is 8.53. The highest BCUT2D eigenvalue weighted by Crippen LogP contribution is 2.10. The number of nitrogens with one attached hydrogen (secondary N) is 1. The van der Waals surface area contributed by atoms with Crippen LogP contribution in [0.2, 0.25) is 0 Å². The Morgan fingerprint density at radius 2 is 1.90 bits per heavy atom. The molecule has 1 amide bonds. The molecule has 1 aliphatic heterocycles. The lowest BCUT2D eigenvalue weighted by Crippen LogP contribution is -2.56. The summed E-state index contributed by atoms with van der Waals surface area (Å²) in [6.45, 7) is 0.530. The van der Waals surface area contributed by atoms with E-state index in [1.165, 1.54) is 9.79 Å². The number of hydrogen-bond acceptors (Lipinski definition) is 8. The summed E-state index contributed by atoms with van der Waals surface area (Å²) in [4.78, 5) is 13.1. The molecule has 1 unspecified atom stereocenters. The van der Waals surface area contributed by atoms with Crippen LogP contribution in [0, 0.1) is 0 Å². The first-order chi connectivity index (χ1) is 9.25. The summed E-state index contributed by atoms with van der Waals surface area (Å²) in [5, 5.41) is 8.65. The van der Waals surface area contributed by atoms with Crippen LogP contribution >= 0.6 is 0 Å². The molecule has 12 heteroatoms. The Morgan fingerprint density at radius 3 is 2.30 bits per heavy atom. The lowest BCUT2D eigenvalue weighted by Gasteiger charge is -2.36. The maximum Gasteiger partial charge on any atom is 0.311 e. The zero-order valence-electron chi connectivity index (χ0n) is 10.8. The highest BCUT2D eigenvalue weighted by molar-refractivity contribution is 7.88. The van der Waals surface area contributed by atoms with Gasteiger partial charge >= 0.3 is 10.5 Å². The number of hydroxylamine groups is 1. The summed E-state index contributed by atoms with van der Waals surface area (Å²) in [5.41, 5.74) is 1.45. The van der Waals surface area contributed by atoms with E-state index >= 15 is 0 Å². The predicted molar refractivity (Wildman–Crippen MR) is 67.9 cm³/mol. The van der Waals surface area contributed by atoms with E-state index < -0.39 is 32.5 Å². The van der Waals surface area contributed by atoms with Crippen molar-refractivity contribution in [3.63, 3.8) is 0 Å². The molecule has 1 fully saturated rings. The molecule has 0 saturated carbocycles. The molecule has 1 saturated heterocycles. The SMILES string of the molecule is CS(=O)(=O)N1CCN(C(CN=S(=O)=O)C(=O)NO)CC1. The van der Waals surface area contributed by atoms with Crippen molar-refractivity contribution in [2.24, 2.45) is 4.36 Å². The minimum absolute atomic E-state index is 0.189. The van der Waals surface area contributed by atoms with Gasteiger partial charge in [-0.2, -0.15) is 17.1 Å². The third kappa shape index (κ3) is 4.79. The summed E-state index contributed by atoms with van der Waals surface area (Å²) in [6.07, 6.45) is 1.09. The number of hydrogen-bond donors (Lipinski definition) is 2. The van der Waals surface area contributed by atoms with E-state index in [4.69, 9.17) is 5.21 Å². The monoisotopic (exact) mass is 328 g/mol. The largest absolute Gasteiger partial charge is 0.311 e. The molecule has 0 aromatic carbocycles. The molecular weight excluding hydrogens is 312 g/mol. The molecule has 20 heavy (non-hydrogen) atoms. The smallest absolute Gasteiger partial charge is 0.289 e. The third-order valence-corrected chi connectivity index (χ3v) is 4.61. The number of nitrogens with zero attached hydrogens (tertiary/aromatic N) is 3. The van der Waals surface area contributed by atoms with Crippen LogP contribution in [0.15, 0.2) is 4.36 Å². The summed E-state index contributed by atoms with van der Waals surface area (Å²) in [6, 6.07) is -0.959. The molecule has 0 bridgehead atoms. The van der Waals surface area contributed by atoms with Crippen molar-refractivity contribution in [3.05, 3.63) is 0 Å². The van der Waals surface area contributed by atoms with Gasteiger partial charge in [0, 0.05) is 26.2 Å². The van der Waals surface area contributed by atoms with E-state index in [9.17, 15) is 21.6 Å². The van der Waals surface area contributed by atoms with Gasteiger partial charge in [-0.3, -0.25) is 14.9 Å². The van der Waals surface area contributed by atoms with E-state index in [1.54, 1.807) is 4.90 Å². The third-order valence-electron chi connectivity index (χ3n) is 2.95. The van der Waals surface area contributed by atoms with Crippen LogP contribution in [0.5, 0.6) is 0 Å². The summed E-state index contributed by atoms with van der Waals surface area (Å²) >= 11 is 0. The maximum atomic E-state index is 11.5. The van der Waals surface area contributed by atoms with Crippen LogP contribution in [0.3, 0.4) is 0 Å². The zero-order chi connectivity index (χ0) is 15.3. The molecule has 1 atom stereocenters. The molecule has 2 N–H and O–H groups in total. The summed E-state index contributed by atoms with van der Waals surface area (Å²) in [7, 11) is -5.94. The van der Waals surface area contributed by atoms with Crippen molar-refractivity contribution < 1.29 is 26.8 Å². The first-order valence-electron chi connectivity index (χ1n) is 5.65. The second-order valence-corrected chi connectivity index (χ2v) is 6.89. The maximum absolute atomic E-state index is 11.5. The van der Waals surface area contributed by atoms with Crippen LogP contribution in [0.25, 0.3) is 0 Å². The Hall–Kier alpha value is -1.08. The Morgan fingerprint density at radius 1 is 1.35 bits per heavy atom. The quantitative estimate of drug-likeness (QED) is 0.420. The van der Waals surface area contributed by atoms with E-state index in [-0.39, 0.29) is 32.7 Å². The Bertz CT molecular complexity index is 570. The fourth-order valence-corrected chi connectivity index (χ4v) is 3.01. The fraction of sp³-hybridized carbons (Fsp3) is 0.875. The van der Waals surface area contributed by atoms with Crippen LogP contribution in [0.1, 0.15) is 0 Å². The summed E-state index contributed by atoms with van der Waals surface area (Å²) < 4.78 is 48.0. The zero-order valence-corrected chi connectivity index (χ0v) is 12.4. The fourth-order valence-electron chi connectivity index (χ4n) is 1.92. The van der Waals surface area contributed by atoms with Gasteiger partial charge in [-0.15, -0.1) is 0 Å². The topological polar surface area (TPSA) is 136 Å². The molecule has 0 spiro atoms. The number of rotatable bonds is 5. The van der Waals surface area contributed by atoms with Gasteiger partial charge in [-0.1, -0.05) is 0 Å². The van der Waals surface area contributed by atoms with E-state index in [2.05, 4.69) is 4.36 Å². The average Bonchev–Trinajstić information content (AvgIpc) is 2.37. The highest BCUT2D eigenvalue weighted by atomic mass is 32.2. The highest BCUT2D eigenvalue weighted by Gasteiger charge is 2.31. The van der Waals surface area contributed by atoms with E-state index in [0.717, 1.165) is 6.26 Å². The van der Waals surface area contributed by atoms with Gasteiger partial charge in [-0.05, 0) is 0 Å². The van der Waals surface area contributed by atoms with Crippen molar-refractivity contribution >= 4 is 26.4 Å². The Balaban J connectivity index is 2.75. The molecule has 0 aromatic heterocycles. The van der Waals surface area contributed by atoms with Crippen LogP contribution in [-0.4, -0.2) is 82.2 Å². The Labute approximate surface area is 118 Å². The lowest BCUT2D eigenvalue weighted by atomic mass is 10.2. The summed E-state index contributed by atoms with van der Waals surface area (Å²) in [5.74, 6) is -0.785. The van der Waals surface area contributed by atoms with Crippen LogP contribution < -0.4 is 5.48 Å². The number of piperazine rings is 1. The minimum Gasteiger partial charge on any atom is -0.289 e.